The van der Waals surface area contributed by atoms with E-state index >= 15 is 0 Å². The Morgan fingerprint density at radius 1 is 0.516 bits per heavy atom. The van der Waals surface area contributed by atoms with Crippen LogP contribution >= 0.6 is 0 Å². The van der Waals surface area contributed by atoms with Crippen LogP contribution in [0.25, 0.3) is 72.7 Å². The van der Waals surface area contributed by atoms with E-state index in [0.29, 0.717) is 50.5 Å². The maximum Gasteiger partial charge on any atom is 0.149 e. The zero-order chi connectivity index (χ0) is 50.4. The molecule has 0 fully saturated rings. The quantitative estimate of drug-likeness (QED) is 0.182. The lowest BCUT2D eigenvalue weighted by molar-refractivity contribution is 0.446. The van der Waals surface area contributed by atoms with Gasteiger partial charge in [0.25, 0.3) is 0 Å². The zero-order valence-electron chi connectivity index (χ0n) is 45.1. The van der Waals surface area contributed by atoms with Crippen molar-refractivity contribution in [2.24, 2.45) is 0 Å². The molecule has 0 aliphatic rings. The van der Waals surface area contributed by atoms with Gasteiger partial charge in [-0.1, -0.05) is 174 Å². The molecule has 0 aliphatic heterocycles. The summed E-state index contributed by atoms with van der Waals surface area (Å²) in [5.74, 6) is 0.479. The lowest BCUT2D eigenvalue weighted by Gasteiger charge is -2.28. The number of fused-ring (bicyclic) bond motifs is 1. The van der Waals surface area contributed by atoms with E-state index in [1.165, 1.54) is 6.20 Å². The minimum absolute atomic E-state index is 0.0592. The molecular formula is C58H61N3O. The van der Waals surface area contributed by atoms with Crippen molar-refractivity contribution in [1.29, 1.82) is 0 Å². The SMILES string of the molecule is [2H]c1cnc(-c2cc(-c3cccc4c3nc(-c3cc(C(C)(C)C)cc(C(C)(C)C)c3O)n4-c3ccc(C(C)(C)C)cc3-c3c([2H])c([2H])c([2H])c([2H])c3[2H])cc(C(C)(C)C)c2)c([2H])c1-c1ccccc1. The molecule has 0 radical (unpaired) electrons. The average Bonchev–Trinajstić information content (AvgIpc) is 3.66. The molecule has 2 heterocycles. The van der Waals surface area contributed by atoms with Gasteiger partial charge in [-0.2, -0.15) is 0 Å². The number of pyridine rings is 1. The van der Waals surface area contributed by atoms with Crippen molar-refractivity contribution in [1.82, 2.24) is 14.5 Å². The van der Waals surface area contributed by atoms with Crippen LogP contribution in [0.2, 0.25) is 0 Å². The van der Waals surface area contributed by atoms with Gasteiger partial charge < -0.3 is 5.11 Å². The third-order valence-electron chi connectivity index (χ3n) is 11.7. The van der Waals surface area contributed by atoms with Crippen molar-refractivity contribution in [3.05, 3.63) is 168 Å². The second kappa shape index (κ2) is 15.6. The monoisotopic (exact) mass is 823 g/mol. The molecule has 2 aromatic heterocycles. The smallest absolute Gasteiger partial charge is 0.149 e. The topological polar surface area (TPSA) is 50.9 Å². The lowest BCUT2D eigenvalue weighted by atomic mass is 9.79. The van der Waals surface area contributed by atoms with Crippen LogP contribution in [0.15, 0.2) is 146 Å². The van der Waals surface area contributed by atoms with Crippen molar-refractivity contribution in [3.63, 3.8) is 0 Å². The van der Waals surface area contributed by atoms with Crippen LogP contribution in [0.1, 0.15) is 115 Å². The van der Waals surface area contributed by atoms with E-state index in [4.69, 9.17) is 15.5 Å². The molecule has 62 heavy (non-hydrogen) atoms. The van der Waals surface area contributed by atoms with Crippen LogP contribution in [-0.2, 0) is 21.7 Å². The van der Waals surface area contributed by atoms with Gasteiger partial charge in [0.15, 0.2) is 0 Å². The zero-order valence-corrected chi connectivity index (χ0v) is 38.1. The normalized spacial score (nSPS) is 14.2. The number of aromatic hydroxyl groups is 1. The third-order valence-corrected chi connectivity index (χ3v) is 11.7. The summed E-state index contributed by atoms with van der Waals surface area (Å²) >= 11 is 0. The number of hydrogen-bond acceptors (Lipinski definition) is 3. The fraction of sp³-hybridized carbons (Fsp3) is 0.276. The Morgan fingerprint density at radius 2 is 1.16 bits per heavy atom. The molecule has 0 spiro atoms. The Labute approximate surface area is 379 Å². The Bertz CT molecular complexity index is 3320. The molecule has 0 aliphatic carbocycles. The number of benzene rings is 6. The van der Waals surface area contributed by atoms with E-state index < -0.39 is 23.5 Å². The highest BCUT2D eigenvalue weighted by atomic mass is 16.3. The van der Waals surface area contributed by atoms with E-state index in [9.17, 15) is 9.22 Å². The molecule has 0 atom stereocenters. The third kappa shape index (κ3) is 8.23. The number of nitrogens with zero attached hydrogens (tertiary/aromatic N) is 3. The van der Waals surface area contributed by atoms with E-state index in [-0.39, 0.29) is 51.7 Å². The molecule has 1 N–H and O–H groups in total. The van der Waals surface area contributed by atoms with Gasteiger partial charge in [0.1, 0.15) is 11.6 Å². The summed E-state index contributed by atoms with van der Waals surface area (Å²) in [4.78, 5) is 10.3. The Kier molecular flexibility index (Phi) is 8.63. The number of aromatic nitrogens is 3. The second-order valence-corrected chi connectivity index (χ2v) is 20.5. The molecule has 6 aromatic carbocycles. The molecule has 0 saturated carbocycles. The Morgan fingerprint density at radius 3 is 1.82 bits per heavy atom. The number of hydrogen-bond donors (Lipinski definition) is 1. The summed E-state index contributed by atoms with van der Waals surface area (Å²) in [6.07, 6.45) is 1.51. The lowest BCUT2D eigenvalue weighted by Crippen LogP contribution is -2.17. The van der Waals surface area contributed by atoms with Crippen molar-refractivity contribution in [3.8, 4) is 67.5 Å². The predicted molar refractivity (Wildman–Crippen MR) is 263 cm³/mol. The van der Waals surface area contributed by atoms with E-state index in [2.05, 4.69) is 101 Å². The summed E-state index contributed by atoms with van der Waals surface area (Å²) in [6, 6.07) is 29.9. The molecule has 0 bridgehead atoms. The largest absolute Gasteiger partial charge is 0.507 e. The van der Waals surface area contributed by atoms with Crippen molar-refractivity contribution >= 4 is 11.0 Å². The van der Waals surface area contributed by atoms with Gasteiger partial charge in [-0.3, -0.25) is 9.55 Å². The predicted octanol–water partition coefficient (Wildman–Crippen LogP) is 15.7. The minimum Gasteiger partial charge on any atom is -0.507 e. The van der Waals surface area contributed by atoms with Gasteiger partial charge >= 0.3 is 0 Å². The van der Waals surface area contributed by atoms with Gasteiger partial charge in [-0.25, -0.2) is 4.98 Å². The van der Waals surface area contributed by atoms with E-state index in [1.807, 2.05) is 83.4 Å². The van der Waals surface area contributed by atoms with E-state index in [0.717, 1.165) is 38.9 Å². The Hall–Kier alpha value is -6.26. The number of phenols is 1. The molecule has 4 nitrogen and oxygen atoms in total. The first-order valence-electron chi connectivity index (χ1n) is 24.9. The number of para-hydroxylation sites is 1. The molecule has 314 valence electrons. The minimum atomic E-state index is -0.476. The molecular weight excluding hydrogens is 755 g/mol. The van der Waals surface area contributed by atoms with Crippen LogP contribution in [0.4, 0.5) is 0 Å². The molecule has 0 saturated heterocycles. The van der Waals surface area contributed by atoms with Gasteiger partial charge in [0.05, 0.1) is 37.6 Å². The molecule has 8 rings (SSSR count). The van der Waals surface area contributed by atoms with Crippen molar-refractivity contribution in [2.75, 3.05) is 0 Å². The average molecular weight is 823 g/mol. The van der Waals surface area contributed by atoms with Crippen LogP contribution in [0, 0.1) is 0 Å². The summed E-state index contributed by atoms with van der Waals surface area (Å²) in [5.41, 5.74) is 8.85. The molecule has 4 heteroatoms. The number of imidazole rings is 1. The highest BCUT2D eigenvalue weighted by molar-refractivity contribution is 5.98. The summed E-state index contributed by atoms with van der Waals surface area (Å²) < 4.78 is 64.8. The van der Waals surface area contributed by atoms with Gasteiger partial charge in [0, 0.05) is 28.5 Å². The van der Waals surface area contributed by atoms with Gasteiger partial charge in [0.2, 0.25) is 0 Å². The molecule has 0 amide bonds. The fourth-order valence-corrected chi connectivity index (χ4v) is 7.96. The number of rotatable bonds is 6. The maximum atomic E-state index is 12.6. The molecule has 0 unspecified atom stereocenters. The van der Waals surface area contributed by atoms with Gasteiger partial charge in [-0.05, 0) is 109 Å². The maximum absolute atomic E-state index is 12.6. The Balaban J connectivity index is 1.53. The van der Waals surface area contributed by atoms with Crippen LogP contribution in [-0.4, -0.2) is 19.6 Å². The second-order valence-electron chi connectivity index (χ2n) is 20.5. The van der Waals surface area contributed by atoms with Gasteiger partial charge in [-0.15, -0.1) is 0 Å². The summed E-state index contributed by atoms with van der Waals surface area (Å²) in [6.45, 7) is 25.2. The highest BCUT2D eigenvalue weighted by Gasteiger charge is 2.30. The highest BCUT2D eigenvalue weighted by Crippen LogP contribution is 2.46. The van der Waals surface area contributed by atoms with Crippen molar-refractivity contribution < 1.29 is 14.7 Å². The molecule has 8 aromatic rings. The van der Waals surface area contributed by atoms with E-state index in [1.54, 1.807) is 0 Å². The summed E-state index contributed by atoms with van der Waals surface area (Å²) in [7, 11) is 0. The van der Waals surface area contributed by atoms with Crippen molar-refractivity contribution in [2.45, 2.75) is 105 Å². The standard InChI is InChI=1S/C58H61N3O/c1-55(2,3)42-26-27-50(46(34-42)38-22-17-14-18-23-38)61-51-25-19-24-45(52(51)60-54(61)47-35-44(57(7,8)9)36-48(53(47)62)58(10,11)12)40-30-41(32-43(31-40)56(4,5)6)49-33-39(28-29-59-49)37-20-15-13-16-21-37/h13-36,62H,1-12H3/i14D,17D,18D,22D,23D,28D,33D. The van der Waals surface area contributed by atoms with Crippen LogP contribution in [0.3, 0.4) is 0 Å². The first kappa shape index (κ1) is 34.3. The summed E-state index contributed by atoms with van der Waals surface area (Å²) in [5, 5.41) is 12.6. The van der Waals surface area contributed by atoms with Crippen LogP contribution in [0.5, 0.6) is 5.75 Å². The fourth-order valence-electron chi connectivity index (χ4n) is 7.96. The first-order chi connectivity index (χ1) is 32.1. The first-order valence-corrected chi connectivity index (χ1v) is 21.4. The van der Waals surface area contributed by atoms with Crippen LogP contribution < -0.4 is 0 Å². The number of phenolic OH excluding ortho intramolecular Hbond substituents is 1.